The van der Waals surface area contributed by atoms with Crippen LogP contribution in [-0.2, 0) is 20.7 Å². The van der Waals surface area contributed by atoms with Crippen molar-refractivity contribution in [3.63, 3.8) is 0 Å². The van der Waals surface area contributed by atoms with Gasteiger partial charge in [-0.1, -0.05) is 39.3 Å². The molecule has 0 aliphatic heterocycles. The van der Waals surface area contributed by atoms with E-state index in [1.165, 1.54) is 6.42 Å². The van der Waals surface area contributed by atoms with Crippen molar-refractivity contribution in [3.05, 3.63) is 29.8 Å². The Morgan fingerprint density at radius 1 is 1.19 bits per heavy atom. The molecule has 1 N–H and O–H groups in total. The first-order chi connectivity index (χ1) is 14.7. The molecule has 7 heteroatoms. The summed E-state index contributed by atoms with van der Waals surface area (Å²) in [4.78, 5) is 25.5. The zero-order valence-corrected chi connectivity index (χ0v) is 19.3. The highest BCUT2D eigenvalue weighted by Crippen LogP contribution is 2.27. The number of carboxylic acids is 1. The van der Waals surface area contributed by atoms with E-state index in [0.717, 1.165) is 18.4 Å². The van der Waals surface area contributed by atoms with Crippen LogP contribution in [0.1, 0.15) is 52.5 Å². The molecule has 0 bridgehead atoms. The number of aliphatic carboxylic acids is 1. The van der Waals surface area contributed by atoms with Crippen LogP contribution in [0, 0.1) is 11.3 Å². The Labute approximate surface area is 185 Å². The summed E-state index contributed by atoms with van der Waals surface area (Å²) >= 11 is 0. The molecule has 7 nitrogen and oxygen atoms in total. The maximum Gasteiger partial charge on any atom is 0.409 e. The fourth-order valence-electron chi connectivity index (χ4n) is 3.24. The summed E-state index contributed by atoms with van der Waals surface area (Å²) in [7, 11) is 0. The first kappa shape index (κ1) is 25.0. The van der Waals surface area contributed by atoms with Crippen LogP contribution < -0.4 is 4.74 Å². The van der Waals surface area contributed by atoms with Gasteiger partial charge in [0.2, 0.25) is 0 Å². The number of carbonyl (C=O) groups is 2. The van der Waals surface area contributed by atoms with E-state index >= 15 is 0 Å². The molecule has 1 aliphatic carbocycles. The van der Waals surface area contributed by atoms with Crippen LogP contribution in [0.15, 0.2) is 24.3 Å². The zero-order chi connectivity index (χ0) is 22.9. The minimum Gasteiger partial charge on any atom is -0.492 e. The number of rotatable bonds is 12. The Hall–Kier alpha value is -2.28. The summed E-state index contributed by atoms with van der Waals surface area (Å²) in [6.45, 7) is 10.2. The van der Waals surface area contributed by atoms with Crippen LogP contribution in [0.2, 0.25) is 0 Å². The van der Waals surface area contributed by atoms with Gasteiger partial charge in [0, 0.05) is 19.6 Å². The van der Waals surface area contributed by atoms with Crippen molar-refractivity contribution in [2.75, 3.05) is 32.9 Å². The molecule has 0 heterocycles. The maximum atomic E-state index is 12.6. The average Bonchev–Trinajstić information content (AvgIpc) is 2.67. The summed E-state index contributed by atoms with van der Waals surface area (Å²) in [6.07, 6.45) is 2.71. The molecule has 1 atom stereocenters. The molecule has 1 fully saturated rings. The van der Waals surface area contributed by atoms with Gasteiger partial charge in [0.15, 0.2) is 6.10 Å². The molecule has 1 aromatic rings. The van der Waals surface area contributed by atoms with Gasteiger partial charge < -0.3 is 24.2 Å². The van der Waals surface area contributed by atoms with Crippen LogP contribution in [0.4, 0.5) is 4.79 Å². The molecular weight excluding hydrogens is 398 g/mol. The lowest BCUT2D eigenvalue weighted by Crippen LogP contribution is -2.41. The normalized spacial score (nSPS) is 15.1. The second-order valence-electron chi connectivity index (χ2n) is 9.34. The standard InChI is InChI=1S/C24H37NO6/c1-5-29-21(22(26)27)15-18-9-11-20(12-10-18)30-14-13-25(16-19-7-6-8-19)23(28)31-17-24(2,3)4/h9-12,19,21H,5-8,13-17H2,1-4H3,(H,26,27). The number of ether oxygens (including phenoxy) is 3. The molecule has 1 aliphatic rings. The minimum atomic E-state index is -0.966. The fraction of sp³-hybridized carbons (Fsp3) is 0.667. The number of nitrogens with zero attached hydrogens (tertiary/aromatic N) is 1. The predicted molar refractivity (Wildman–Crippen MR) is 118 cm³/mol. The smallest absolute Gasteiger partial charge is 0.409 e. The SMILES string of the molecule is CCOC(Cc1ccc(OCCN(CC2CCC2)C(=O)OCC(C)(C)C)cc1)C(=O)O. The highest BCUT2D eigenvalue weighted by molar-refractivity contribution is 5.72. The Bertz CT molecular complexity index is 693. The van der Waals surface area contributed by atoms with Crippen LogP contribution in [0.5, 0.6) is 5.75 Å². The van der Waals surface area contributed by atoms with E-state index in [1.807, 2.05) is 45.0 Å². The van der Waals surface area contributed by atoms with Crippen molar-refractivity contribution in [1.82, 2.24) is 4.90 Å². The van der Waals surface area contributed by atoms with Crippen molar-refractivity contribution in [3.8, 4) is 5.75 Å². The minimum absolute atomic E-state index is 0.0716. The predicted octanol–water partition coefficient (Wildman–Crippen LogP) is 4.38. The molecule has 31 heavy (non-hydrogen) atoms. The number of amides is 1. The summed E-state index contributed by atoms with van der Waals surface area (Å²) in [6, 6.07) is 7.31. The number of benzene rings is 1. The number of hydrogen-bond acceptors (Lipinski definition) is 5. The van der Waals surface area contributed by atoms with Crippen molar-refractivity contribution >= 4 is 12.1 Å². The van der Waals surface area contributed by atoms with Gasteiger partial charge in [-0.25, -0.2) is 9.59 Å². The summed E-state index contributed by atoms with van der Waals surface area (Å²) < 4.78 is 16.6. The molecule has 0 radical (unpaired) electrons. The highest BCUT2D eigenvalue weighted by Gasteiger charge is 2.25. The quantitative estimate of drug-likeness (QED) is 0.524. The Morgan fingerprint density at radius 2 is 1.87 bits per heavy atom. The maximum absolute atomic E-state index is 12.6. The monoisotopic (exact) mass is 435 g/mol. The summed E-state index contributed by atoms with van der Waals surface area (Å²) in [5, 5.41) is 9.21. The molecule has 1 aromatic carbocycles. The molecule has 2 rings (SSSR count). The molecule has 0 aromatic heterocycles. The van der Waals surface area contributed by atoms with E-state index in [-0.39, 0.29) is 11.5 Å². The molecule has 0 spiro atoms. The molecule has 1 unspecified atom stereocenters. The van der Waals surface area contributed by atoms with Crippen LogP contribution in [-0.4, -0.2) is 61.1 Å². The average molecular weight is 436 g/mol. The van der Waals surface area contributed by atoms with Crippen LogP contribution >= 0.6 is 0 Å². The third-order valence-electron chi connectivity index (χ3n) is 5.21. The van der Waals surface area contributed by atoms with E-state index in [4.69, 9.17) is 14.2 Å². The van der Waals surface area contributed by atoms with E-state index in [1.54, 1.807) is 11.8 Å². The summed E-state index contributed by atoms with van der Waals surface area (Å²) in [5.74, 6) is 0.264. The fourth-order valence-corrected chi connectivity index (χ4v) is 3.24. The first-order valence-electron chi connectivity index (χ1n) is 11.2. The lowest BCUT2D eigenvalue weighted by Gasteiger charge is -2.32. The molecular formula is C24H37NO6. The first-order valence-corrected chi connectivity index (χ1v) is 11.2. The molecule has 1 saturated carbocycles. The van der Waals surface area contributed by atoms with Gasteiger partial charge in [-0.2, -0.15) is 0 Å². The van der Waals surface area contributed by atoms with Crippen molar-refractivity contribution in [2.45, 2.75) is 59.5 Å². The largest absolute Gasteiger partial charge is 0.492 e. The molecule has 1 amide bonds. The summed E-state index contributed by atoms with van der Waals surface area (Å²) in [5.41, 5.74) is 0.795. The van der Waals surface area contributed by atoms with Crippen LogP contribution in [0.25, 0.3) is 0 Å². The third kappa shape index (κ3) is 9.17. The Kier molecular flexibility index (Phi) is 9.62. The number of carboxylic acid groups (broad SMARTS) is 1. The lowest BCUT2D eigenvalue weighted by molar-refractivity contribution is -0.149. The van der Waals surface area contributed by atoms with Gasteiger partial charge >= 0.3 is 12.1 Å². The van der Waals surface area contributed by atoms with Crippen molar-refractivity contribution in [1.29, 1.82) is 0 Å². The van der Waals surface area contributed by atoms with E-state index in [0.29, 0.717) is 51.0 Å². The second-order valence-corrected chi connectivity index (χ2v) is 9.34. The zero-order valence-electron chi connectivity index (χ0n) is 19.3. The second kappa shape index (κ2) is 11.9. The van der Waals surface area contributed by atoms with E-state index < -0.39 is 12.1 Å². The van der Waals surface area contributed by atoms with E-state index in [2.05, 4.69) is 0 Å². The Balaban J connectivity index is 1.84. The van der Waals surface area contributed by atoms with Gasteiger partial charge in [-0.05, 0) is 48.8 Å². The van der Waals surface area contributed by atoms with Gasteiger partial charge in [0.25, 0.3) is 0 Å². The van der Waals surface area contributed by atoms with Gasteiger partial charge in [-0.3, -0.25) is 0 Å². The van der Waals surface area contributed by atoms with Crippen molar-refractivity contribution < 1.29 is 28.9 Å². The molecule has 174 valence electrons. The lowest BCUT2D eigenvalue weighted by atomic mass is 9.85. The van der Waals surface area contributed by atoms with Crippen LogP contribution in [0.3, 0.4) is 0 Å². The van der Waals surface area contributed by atoms with E-state index in [9.17, 15) is 14.7 Å². The number of hydrogen-bond donors (Lipinski definition) is 1. The van der Waals surface area contributed by atoms with Gasteiger partial charge in [0.05, 0.1) is 13.2 Å². The number of carbonyl (C=O) groups excluding carboxylic acids is 1. The topological polar surface area (TPSA) is 85.3 Å². The highest BCUT2D eigenvalue weighted by atomic mass is 16.6. The Morgan fingerprint density at radius 3 is 2.39 bits per heavy atom. The van der Waals surface area contributed by atoms with Crippen molar-refractivity contribution in [2.24, 2.45) is 11.3 Å². The van der Waals surface area contributed by atoms with Gasteiger partial charge in [0.1, 0.15) is 12.4 Å². The molecule has 0 saturated heterocycles. The third-order valence-corrected chi connectivity index (χ3v) is 5.21. The van der Waals surface area contributed by atoms with Gasteiger partial charge in [-0.15, -0.1) is 0 Å².